The summed E-state index contributed by atoms with van der Waals surface area (Å²) < 4.78 is 0. The first-order valence-electron chi connectivity index (χ1n) is 14.3. The van der Waals surface area contributed by atoms with E-state index in [1.54, 1.807) is 24.8 Å². The van der Waals surface area contributed by atoms with E-state index in [0.29, 0.717) is 0 Å². The van der Waals surface area contributed by atoms with Crippen LogP contribution in [0.25, 0.3) is 0 Å². The molecular weight excluding hydrogens is 372 g/mol. The summed E-state index contributed by atoms with van der Waals surface area (Å²) in [6, 6.07) is 9.59. The van der Waals surface area contributed by atoms with E-state index in [2.05, 4.69) is 38.1 Å². The summed E-state index contributed by atoms with van der Waals surface area (Å²) in [5.74, 6) is 4.19. The Morgan fingerprint density at radius 1 is 0.484 bits per heavy atom. The van der Waals surface area contributed by atoms with Gasteiger partial charge in [0.15, 0.2) is 0 Å². The predicted molar refractivity (Wildman–Crippen MR) is 138 cm³/mol. The van der Waals surface area contributed by atoms with Crippen LogP contribution in [0.2, 0.25) is 0 Å². The van der Waals surface area contributed by atoms with E-state index in [0.717, 1.165) is 23.7 Å². The average Bonchev–Trinajstić information content (AvgIpc) is 2.82. The first-order chi connectivity index (χ1) is 15.3. The SMILES string of the molecule is CCCCCc1ccc(CCC2CCC(CCC3CCC(CCCC)CC3)CC2)cc1. The van der Waals surface area contributed by atoms with Gasteiger partial charge in [-0.3, -0.25) is 0 Å². The summed E-state index contributed by atoms with van der Waals surface area (Å²) >= 11 is 0. The van der Waals surface area contributed by atoms with Crippen LogP contribution >= 0.6 is 0 Å². The molecule has 0 heteroatoms. The van der Waals surface area contributed by atoms with Crippen molar-refractivity contribution in [3.05, 3.63) is 35.4 Å². The van der Waals surface area contributed by atoms with Crippen molar-refractivity contribution in [2.24, 2.45) is 23.7 Å². The molecule has 3 rings (SSSR count). The molecule has 0 spiro atoms. The quantitative estimate of drug-likeness (QED) is 0.276. The minimum Gasteiger partial charge on any atom is -0.0654 e. The minimum atomic E-state index is 0.995. The fourth-order valence-electron chi connectivity index (χ4n) is 6.40. The zero-order valence-corrected chi connectivity index (χ0v) is 21.1. The van der Waals surface area contributed by atoms with Gasteiger partial charge in [0.05, 0.1) is 0 Å². The maximum atomic E-state index is 2.41. The fourth-order valence-corrected chi connectivity index (χ4v) is 6.40. The van der Waals surface area contributed by atoms with Crippen molar-refractivity contribution in [1.82, 2.24) is 0 Å². The van der Waals surface area contributed by atoms with Gasteiger partial charge in [-0.2, -0.15) is 0 Å². The van der Waals surface area contributed by atoms with E-state index in [-0.39, 0.29) is 0 Å². The maximum Gasteiger partial charge on any atom is -0.0276 e. The summed E-state index contributed by atoms with van der Waals surface area (Å²) in [6.07, 6.45) is 27.7. The Morgan fingerprint density at radius 3 is 1.39 bits per heavy atom. The van der Waals surface area contributed by atoms with Gasteiger partial charge in [0, 0.05) is 0 Å². The third-order valence-corrected chi connectivity index (χ3v) is 8.81. The van der Waals surface area contributed by atoms with E-state index in [1.807, 2.05) is 0 Å². The molecule has 2 saturated carbocycles. The zero-order valence-electron chi connectivity index (χ0n) is 21.1. The van der Waals surface area contributed by atoms with Gasteiger partial charge in [0.2, 0.25) is 0 Å². The second kappa shape index (κ2) is 14.4. The standard InChI is InChI=1S/C31H52/c1-3-5-7-9-27-12-16-29(17-13-27)19-21-31-24-22-30(23-25-31)20-18-28-14-10-26(11-15-28)8-6-4-2/h12-13,16-17,26,28,30-31H,3-11,14-15,18-25H2,1-2H3. The number of hydrogen-bond donors (Lipinski definition) is 0. The van der Waals surface area contributed by atoms with Crippen LogP contribution < -0.4 is 0 Å². The molecule has 0 saturated heterocycles. The number of hydrogen-bond acceptors (Lipinski definition) is 0. The van der Waals surface area contributed by atoms with Crippen LogP contribution in [0, 0.1) is 23.7 Å². The lowest BCUT2D eigenvalue weighted by Crippen LogP contribution is -2.18. The van der Waals surface area contributed by atoms with Crippen LogP contribution in [0.5, 0.6) is 0 Å². The van der Waals surface area contributed by atoms with Crippen LogP contribution in [0.1, 0.15) is 134 Å². The van der Waals surface area contributed by atoms with Crippen molar-refractivity contribution in [1.29, 1.82) is 0 Å². The summed E-state index contributed by atoms with van der Waals surface area (Å²) in [5, 5.41) is 0. The third kappa shape index (κ3) is 9.31. The highest BCUT2D eigenvalue weighted by Crippen LogP contribution is 2.38. The Bertz CT molecular complexity index is 554. The highest BCUT2D eigenvalue weighted by molar-refractivity contribution is 5.22. The Labute approximate surface area is 195 Å². The lowest BCUT2D eigenvalue weighted by molar-refractivity contribution is 0.209. The lowest BCUT2D eigenvalue weighted by atomic mass is 9.74. The maximum absolute atomic E-state index is 2.41. The molecule has 176 valence electrons. The molecule has 0 bridgehead atoms. The minimum absolute atomic E-state index is 0.995. The second-order valence-corrected chi connectivity index (χ2v) is 11.3. The van der Waals surface area contributed by atoms with Gasteiger partial charge >= 0.3 is 0 Å². The van der Waals surface area contributed by atoms with Crippen molar-refractivity contribution in [2.45, 2.75) is 136 Å². The molecule has 0 N–H and O–H groups in total. The number of rotatable bonds is 13. The van der Waals surface area contributed by atoms with Crippen molar-refractivity contribution >= 4 is 0 Å². The van der Waals surface area contributed by atoms with E-state index >= 15 is 0 Å². The molecule has 0 atom stereocenters. The van der Waals surface area contributed by atoms with E-state index in [9.17, 15) is 0 Å². The summed E-state index contributed by atoms with van der Waals surface area (Å²) in [5.41, 5.74) is 3.10. The number of unbranched alkanes of at least 4 members (excludes halogenated alkanes) is 3. The summed E-state index contributed by atoms with van der Waals surface area (Å²) in [4.78, 5) is 0. The Kier molecular flexibility index (Phi) is 11.5. The lowest BCUT2D eigenvalue weighted by Gasteiger charge is -2.32. The van der Waals surface area contributed by atoms with Crippen molar-refractivity contribution in [2.75, 3.05) is 0 Å². The fraction of sp³-hybridized carbons (Fsp3) is 0.806. The molecule has 2 aliphatic carbocycles. The van der Waals surface area contributed by atoms with Gasteiger partial charge in [-0.15, -0.1) is 0 Å². The largest absolute Gasteiger partial charge is 0.0654 e. The first kappa shape index (κ1) is 24.9. The molecule has 0 radical (unpaired) electrons. The molecule has 2 fully saturated rings. The molecule has 0 aromatic heterocycles. The van der Waals surface area contributed by atoms with Gasteiger partial charge in [-0.25, -0.2) is 0 Å². The highest BCUT2D eigenvalue weighted by atomic mass is 14.3. The second-order valence-electron chi connectivity index (χ2n) is 11.3. The topological polar surface area (TPSA) is 0 Å². The van der Waals surface area contributed by atoms with Gasteiger partial charge in [-0.1, -0.05) is 134 Å². The zero-order chi connectivity index (χ0) is 21.7. The first-order valence-corrected chi connectivity index (χ1v) is 14.3. The van der Waals surface area contributed by atoms with Gasteiger partial charge in [0.25, 0.3) is 0 Å². The smallest absolute Gasteiger partial charge is 0.0276 e. The third-order valence-electron chi connectivity index (χ3n) is 8.81. The average molecular weight is 425 g/mol. The monoisotopic (exact) mass is 424 g/mol. The molecule has 0 nitrogen and oxygen atoms in total. The molecule has 1 aromatic carbocycles. The molecule has 0 unspecified atom stereocenters. The van der Waals surface area contributed by atoms with Gasteiger partial charge < -0.3 is 0 Å². The summed E-state index contributed by atoms with van der Waals surface area (Å²) in [6.45, 7) is 4.63. The van der Waals surface area contributed by atoms with Gasteiger partial charge in [-0.05, 0) is 60.5 Å². The van der Waals surface area contributed by atoms with Crippen LogP contribution in [0.15, 0.2) is 24.3 Å². The van der Waals surface area contributed by atoms with Crippen LogP contribution in [0.3, 0.4) is 0 Å². The summed E-state index contributed by atoms with van der Waals surface area (Å²) in [7, 11) is 0. The molecular formula is C31H52. The van der Waals surface area contributed by atoms with E-state index in [4.69, 9.17) is 0 Å². The van der Waals surface area contributed by atoms with Crippen molar-refractivity contribution < 1.29 is 0 Å². The molecule has 0 heterocycles. The van der Waals surface area contributed by atoms with Crippen LogP contribution in [-0.2, 0) is 12.8 Å². The van der Waals surface area contributed by atoms with E-state index < -0.39 is 0 Å². The Morgan fingerprint density at radius 2 is 0.903 bits per heavy atom. The number of benzene rings is 1. The predicted octanol–water partition coefficient (Wildman–Crippen LogP) is 9.94. The van der Waals surface area contributed by atoms with E-state index in [1.165, 1.54) is 108 Å². The molecule has 1 aromatic rings. The van der Waals surface area contributed by atoms with Crippen LogP contribution in [0.4, 0.5) is 0 Å². The van der Waals surface area contributed by atoms with Crippen LogP contribution in [-0.4, -0.2) is 0 Å². The Hall–Kier alpha value is -0.780. The molecule has 31 heavy (non-hydrogen) atoms. The van der Waals surface area contributed by atoms with Gasteiger partial charge in [0.1, 0.15) is 0 Å². The van der Waals surface area contributed by atoms with Crippen molar-refractivity contribution in [3.63, 3.8) is 0 Å². The van der Waals surface area contributed by atoms with Crippen molar-refractivity contribution in [3.8, 4) is 0 Å². The molecule has 0 aliphatic heterocycles. The highest BCUT2D eigenvalue weighted by Gasteiger charge is 2.24. The number of aryl methyl sites for hydroxylation is 2. The molecule has 0 amide bonds. The normalized spacial score (nSPS) is 26.8. The molecule has 2 aliphatic rings. The Balaban J connectivity index is 1.25.